The summed E-state index contributed by atoms with van der Waals surface area (Å²) in [7, 11) is 0. The fourth-order valence-corrected chi connectivity index (χ4v) is 0.878. The lowest BCUT2D eigenvalue weighted by atomic mass is 10.4. The van der Waals surface area contributed by atoms with Crippen LogP contribution in [0.15, 0.2) is 12.3 Å². The van der Waals surface area contributed by atoms with Crippen LogP contribution < -0.4 is 4.74 Å². The molecule has 0 bridgehead atoms. The second kappa shape index (κ2) is 2.89. The van der Waals surface area contributed by atoms with Gasteiger partial charge in [-0.1, -0.05) is 0 Å². The Morgan fingerprint density at radius 1 is 1.58 bits per heavy atom. The summed E-state index contributed by atoms with van der Waals surface area (Å²) in [5, 5.41) is 7.22. The van der Waals surface area contributed by atoms with Crippen LogP contribution in [0.3, 0.4) is 0 Å². The zero-order valence-corrected chi connectivity index (χ0v) is 6.43. The molecule has 0 spiro atoms. The van der Waals surface area contributed by atoms with Crippen LogP contribution in [0, 0.1) is 0 Å². The molecule has 0 radical (unpaired) electrons. The lowest BCUT2D eigenvalue weighted by Crippen LogP contribution is -2.01. The number of aldehydes is 1. The van der Waals surface area contributed by atoms with E-state index in [2.05, 4.69) is 10.2 Å². The summed E-state index contributed by atoms with van der Waals surface area (Å²) in [5.41, 5.74) is 0.282. The number of ether oxygens (including phenoxy) is 1. The van der Waals surface area contributed by atoms with Gasteiger partial charge in [-0.3, -0.25) is 4.79 Å². The fourth-order valence-electron chi connectivity index (χ4n) is 0.878. The molecular formula is C8H8N2O2. The zero-order valence-electron chi connectivity index (χ0n) is 6.43. The average molecular weight is 164 g/mol. The van der Waals surface area contributed by atoms with Crippen LogP contribution in [0.2, 0.25) is 0 Å². The summed E-state index contributed by atoms with van der Waals surface area (Å²) in [6.45, 7) is 0. The summed E-state index contributed by atoms with van der Waals surface area (Å²) >= 11 is 0. The van der Waals surface area contributed by atoms with Crippen molar-refractivity contribution in [1.29, 1.82) is 0 Å². The molecule has 12 heavy (non-hydrogen) atoms. The molecule has 1 aliphatic rings. The normalized spacial score (nSPS) is 15.7. The summed E-state index contributed by atoms with van der Waals surface area (Å²) in [6, 6.07) is 1.66. The molecule has 1 fully saturated rings. The Balaban J connectivity index is 2.20. The van der Waals surface area contributed by atoms with Crippen molar-refractivity contribution < 1.29 is 9.53 Å². The Bertz CT molecular complexity index is 297. The monoisotopic (exact) mass is 164 g/mol. The minimum Gasteiger partial charge on any atom is -0.488 e. The van der Waals surface area contributed by atoms with E-state index in [9.17, 15) is 4.79 Å². The van der Waals surface area contributed by atoms with Crippen molar-refractivity contribution in [2.24, 2.45) is 0 Å². The third-order valence-electron chi connectivity index (χ3n) is 1.64. The third kappa shape index (κ3) is 1.42. The first kappa shape index (κ1) is 7.21. The Morgan fingerprint density at radius 3 is 3.08 bits per heavy atom. The predicted octanol–water partition coefficient (Wildman–Crippen LogP) is 0.830. The van der Waals surface area contributed by atoms with Crippen LogP contribution in [-0.2, 0) is 0 Å². The second-order valence-corrected chi connectivity index (χ2v) is 2.72. The molecule has 0 saturated heterocycles. The van der Waals surface area contributed by atoms with Gasteiger partial charge in [0.2, 0.25) is 0 Å². The molecule has 2 rings (SSSR count). The number of nitrogens with zero attached hydrogens (tertiary/aromatic N) is 2. The first-order chi connectivity index (χ1) is 5.90. The molecule has 1 aliphatic carbocycles. The van der Waals surface area contributed by atoms with Crippen LogP contribution in [0.4, 0.5) is 0 Å². The van der Waals surface area contributed by atoms with Crippen LogP contribution >= 0.6 is 0 Å². The van der Waals surface area contributed by atoms with Gasteiger partial charge in [-0.05, 0) is 12.8 Å². The van der Waals surface area contributed by atoms with Crippen molar-refractivity contribution in [1.82, 2.24) is 10.2 Å². The minimum absolute atomic E-state index is 0.282. The highest BCUT2D eigenvalue weighted by Crippen LogP contribution is 2.27. The molecule has 4 nitrogen and oxygen atoms in total. The molecule has 0 unspecified atom stereocenters. The predicted molar refractivity (Wildman–Crippen MR) is 41.1 cm³/mol. The van der Waals surface area contributed by atoms with E-state index in [0.29, 0.717) is 12.0 Å². The summed E-state index contributed by atoms with van der Waals surface area (Å²) in [5.74, 6) is 0.544. The molecule has 0 atom stereocenters. The van der Waals surface area contributed by atoms with Crippen molar-refractivity contribution in [2.45, 2.75) is 18.9 Å². The summed E-state index contributed by atoms with van der Waals surface area (Å²) in [6.07, 6.45) is 4.60. The van der Waals surface area contributed by atoms with Gasteiger partial charge in [0.15, 0.2) is 17.7 Å². The lowest BCUT2D eigenvalue weighted by Gasteiger charge is -2.03. The molecule has 62 valence electrons. The fraction of sp³-hybridized carbons (Fsp3) is 0.375. The molecule has 0 amide bonds. The zero-order chi connectivity index (χ0) is 8.39. The van der Waals surface area contributed by atoms with Crippen molar-refractivity contribution in [2.75, 3.05) is 0 Å². The van der Waals surface area contributed by atoms with Gasteiger partial charge in [-0.2, -0.15) is 5.10 Å². The molecule has 1 aromatic heterocycles. The van der Waals surface area contributed by atoms with Gasteiger partial charge in [-0.25, -0.2) is 0 Å². The molecule has 0 aliphatic heterocycles. The third-order valence-corrected chi connectivity index (χ3v) is 1.64. The van der Waals surface area contributed by atoms with Gasteiger partial charge in [-0.15, -0.1) is 5.10 Å². The van der Waals surface area contributed by atoms with Crippen LogP contribution in [0.5, 0.6) is 5.75 Å². The van der Waals surface area contributed by atoms with Gasteiger partial charge in [0, 0.05) is 6.07 Å². The van der Waals surface area contributed by atoms with E-state index in [1.165, 1.54) is 6.20 Å². The van der Waals surface area contributed by atoms with Crippen molar-refractivity contribution in [3.63, 3.8) is 0 Å². The van der Waals surface area contributed by atoms with Crippen molar-refractivity contribution in [3.8, 4) is 5.75 Å². The highest BCUT2D eigenvalue weighted by atomic mass is 16.5. The SMILES string of the molecule is O=Cc1nnccc1OC1CC1. The van der Waals surface area contributed by atoms with Crippen molar-refractivity contribution in [3.05, 3.63) is 18.0 Å². The number of rotatable bonds is 3. The Morgan fingerprint density at radius 2 is 2.42 bits per heavy atom. The summed E-state index contributed by atoms with van der Waals surface area (Å²) in [4.78, 5) is 10.4. The smallest absolute Gasteiger partial charge is 0.174 e. The first-order valence-corrected chi connectivity index (χ1v) is 3.83. The molecule has 0 aromatic carbocycles. The van der Waals surface area contributed by atoms with E-state index in [-0.39, 0.29) is 11.8 Å². The van der Waals surface area contributed by atoms with Gasteiger partial charge < -0.3 is 4.74 Å². The molecule has 0 N–H and O–H groups in total. The summed E-state index contributed by atoms with van der Waals surface area (Å²) < 4.78 is 5.41. The highest BCUT2D eigenvalue weighted by molar-refractivity contribution is 5.75. The van der Waals surface area contributed by atoms with E-state index in [1.54, 1.807) is 6.07 Å². The van der Waals surface area contributed by atoms with E-state index in [0.717, 1.165) is 12.8 Å². The average Bonchev–Trinajstić information content (AvgIpc) is 2.89. The van der Waals surface area contributed by atoms with Crippen LogP contribution in [0.1, 0.15) is 23.3 Å². The van der Waals surface area contributed by atoms with E-state index < -0.39 is 0 Å². The van der Waals surface area contributed by atoms with E-state index in [4.69, 9.17) is 4.74 Å². The van der Waals surface area contributed by atoms with Gasteiger partial charge in [0.05, 0.1) is 12.3 Å². The van der Waals surface area contributed by atoms with Gasteiger partial charge in [0.25, 0.3) is 0 Å². The number of carbonyl (C=O) groups excluding carboxylic acids is 1. The Hall–Kier alpha value is -1.45. The Kier molecular flexibility index (Phi) is 1.74. The van der Waals surface area contributed by atoms with E-state index >= 15 is 0 Å². The van der Waals surface area contributed by atoms with E-state index in [1.807, 2.05) is 0 Å². The second-order valence-electron chi connectivity index (χ2n) is 2.72. The van der Waals surface area contributed by atoms with Gasteiger partial charge >= 0.3 is 0 Å². The maximum Gasteiger partial charge on any atom is 0.174 e. The molecule has 4 heteroatoms. The number of aromatic nitrogens is 2. The van der Waals surface area contributed by atoms with Crippen molar-refractivity contribution >= 4 is 6.29 Å². The topological polar surface area (TPSA) is 52.1 Å². The minimum atomic E-state index is 0.282. The van der Waals surface area contributed by atoms with Crippen LogP contribution in [-0.4, -0.2) is 22.6 Å². The maximum absolute atomic E-state index is 10.4. The maximum atomic E-state index is 10.4. The first-order valence-electron chi connectivity index (χ1n) is 3.83. The number of hydrogen-bond donors (Lipinski definition) is 0. The van der Waals surface area contributed by atoms with Crippen LogP contribution in [0.25, 0.3) is 0 Å². The highest BCUT2D eigenvalue weighted by Gasteiger charge is 2.24. The lowest BCUT2D eigenvalue weighted by molar-refractivity contribution is 0.111. The largest absolute Gasteiger partial charge is 0.488 e. The quantitative estimate of drug-likeness (QED) is 0.621. The number of hydrogen-bond acceptors (Lipinski definition) is 4. The Labute approximate surface area is 69.6 Å². The molecule has 1 saturated carbocycles. The number of carbonyl (C=O) groups is 1. The molecule has 1 heterocycles. The molecule has 1 aromatic rings. The molecular weight excluding hydrogens is 156 g/mol. The standard InChI is InChI=1S/C8H8N2O2/c11-5-7-8(3-4-9-10-7)12-6-1-2-6/h3-6H,1-2H2. The van der Waals surface area contributed by atoms with Gasteiger partial charge in [0.1, 0.15) is 0 Å².